The van der Waals surface area contributed by atoms with Crippen LogP contribution in [0, 0.1) is 5.21 Å². The molecule has 11 heteroatoms. The SMILES string of the molecule is C=C[NH+]([O-])S(=O)(=O)c1cc(NC(=O)Nc2ccccc2)ccc1NC(=O)Nc1ccccc1. The first-order chi connectivity index (χ1) is 15.8. The van der Waals surface area contributed by atoms with Crippen LogP contribution in [0.15, 0.2) is 96.5 Å². The van der Waals surface area contributed by atoms with Crippen molar-refractivity contribution in [2.45, 2.75) is 4.90 Å². The number of rotatable bonds is 7. The van der Waals surface area contributed by atoms with Gasteiger partial charge in [0.1, 0.15) is 11.1 Å². The predicted molar refractivity (Wildman–Crippen MR) is 126 cm³/mol. The highest BCUT2D eigenvalue weighted by Crippen LogP contribution is 2.25. The Morgan fingerprint density at radius 3 is 1.76 bits per heavy atom. The van der Waals surface area contributed by atoms with Crippen LogP contribution in [0.3, 0.4) is 0 Å². The number of anilines is 4. The fraction of sp³-hybridized carbons (Fsp3) is 0. The first-order valence-corrected chi connectivity index (χ1v) is 11.1. The van der Waals surface area contributed by atoms with Crippen molar-refractivity contribution in [3.63, 3.8) is 0 Å². The Kier molecular flexibility index (Phi) is 7.41. The van der Waals surface area contributed by atoms with Gasteiger partial charge in [-0.15, -0.1) is 0 Å². The average molecular weight is 468 g/mol. The molecule has 0 aliphatic carbocycles. The first kappa shape index (κ1) is 23.5. The van der Waals surface area contributed by atoms with E-state index in [2.05, 4.69) is 27.8 Å². The molecule has 0 aromatic heterocycles. The predicted octanol–water partition coefficient (Wildman–Crippen LogP) is 3.19. The minimum atomic E-state index is -4.53. The van der Waals surface area contributed by atoms with Crippen molar-refractivity contribution in [2.75, 3.05) is 21.3 Å². The third-order valence-corrected chi connectivity index (χ3v) is 5.89. The summed E-state index contributed by atoms with van der Waals surface area (Å²) in [6, 6.07) is 19.5. The fourth-order valence-corrected chi connectivity index (χ4v) is 3.89. The molecule has 1 atom stereocenters. The normalized spacial score (nSPS) is 11.7. The summed E-state index contributed by atoms with van der Waals surface area (Å²) in [5, 5.41) is 22.1. The second-order valence-corrected chi connectivity index (χ2v) is 8.48. The van der Waals surface area contributed by atoms with Crippen LogP contribution in [0.2, 0.25) is 0 Å². The topological polar surface area (TPSA) is 144 Å². The molecule has 3 aromatic carbocycles. The van der Waals surface area contributed by atoms with E-state index in [0.717, 1.165) is 6.07 Å². The molecule has 0 heterocycles. The van der Waals surface area contributed by atoms with Crippen molar-refractivity contribution >= 4 is 44.8 Å². The van der Waals surface area contributed by atoms with Gasteiger partial charge in [0.05, 0.1) is 5.69 Å². The highest BCUT2D eigenvalue weighted by Gasteiger charge is 2.26. The molecular formula is C22H21N5O5S. The molecule has 3 rings (SSSR count). The van der Waals surface area contributed by atoms with Gasteiger partial charge in [-0.2, -0.15) is 8.42 Å². The van der Waals surface area contributed by atoms with Gasteiger partial charge in [0.25, 0.3) is 0 Å². The molecule has 0 radical (unpaired) electrons. The summed E-state index contributed by atoms with van der Waals surface area (Å²) >= 11 is 0. The molecule has 3 aromatic rings. The van der Waals surface area contributed by atoms with Crippen LogP contribution < -0.4 is 25.7 Å². The van der Waals surface area contributed by atoms with Crippen LogP contribution in [-0.4, -0.2) is 20.5 Å². The lowest BCUT2D eigenvalue weighted by atomic mass is 10.2. The summed E-state index contributed by atoms with van der Waals surface area (Å²) in [7, 11) is -4.53. The zero-order valence-corrected chi connectivity index (χ0v) is 18.1. The van der Waals surface area contributed by atoms with Gasteiger partial charge in [-0.3, -0.25) is 0 Å². The monoisotopic (exact) mass is 467 g/mol. The number of hydrogen-bond donors (Lipinski definition) is 5. The molecule has 0 aliphatic rings. The Bertz CT molecular complexity index is 1250. The maximum Gasteiger partial charge on any atom is 0.331 e. The standard InChI is InChI=1S/C22H21N5O5S/c1-2-27(30)33(31,32)20-15-18(25-21(28)23-16-9-5-3-6-10-16)13-14-19(20)26-22(29)24-17-11-7-4-8-12-17/h2-15,27H,1H2,(H2,23,25,28)(H2,24,26,29). The molecule has 0 spiro atoms. The maximum atomic E-state index is 12.7. The van der Waals surface area contributed by atoms with Crippen molar-refractivity contribution in [2.24, 2.45) is 0 Å². The Morgan fingerprint density at radius 2 is 1.24 bits per heavy atom. The van der Waals surface area contributed by atoms with Crippen molar-refractivity contribution in [3.05, 3.63) is 96.8 Å². The van der Waals surface area contributed by atoms with Crippen LogP contribution in [0.25, 0.3) is 0 Å². The van der Waals surface area contributed by atoms with E-state index < -0.39 is 31.4 Å². The summed E-state index contributed by atoms with van der Waals surface area (Å²) in [5.74, 6) is 0. The lowest BCUT2D eigenvalue weighted by molar-refractivity contribution is -0.641. The summed E-state index contributed by atoms with van der Waals surface area (Å²) < 4.78 is 24.2. The lowest BCUT2D eigenvalue weighted by Gasteiger charge is -2.19. The molecule has 1 unspecified atom stereocenters. The van der Waals surface area contributed by atoms with Gasteiger partial charge < -0.3 is 26.5 Å². The van der Waals surface area contributed by atoms with Gasteiger partial charge in [-0.1, -0.05) is 36.4 Å². The lowest BCUT2D eigenvalue weighted by Crippen LogP contribution is -3.04. The van der Waals surface area contributed by atoms with E-state index in [1.54, 1.807) is 60.7 Å². The third kappa shape index (κ3) is 6.17. The molecule has 0 bridgehead atoms. The zero-order chi connectivity index (χ0) is 23.8. The highest BCUT2D eigenvalue weighted by molar-refractivity contribution is 7.85. The van der Waals surface area contributed by atoms with Crippen LogP contribution in [0.1, 0.15) is 0 Å². The summed E-state index contributed by atoms with van der Waals surface area (Å²) in [6.07, 6.45) is 0.658. The summed E-state index contributed by atoms with van der Waals surface area (Å²) in [6.45, 7) is 3.21. The molecule has 0 saturated heterocycles. The smallest absolute Gasteiger partial charge is 0.331 e. The molecule has 0 aliphatic heterocycles. The molecule has 10 nitrogen and oxygen atoms in total. The number of carbonyl (C=O) groups is 2. The average Bonchev–Trinajstić information content (AvgIpc) is 2.80. The number of carbonyl (C=O) groups excluding carboxylic acids is 2. The number of benzene rings is 3. The van der Waals surface area contributed by atoms with Crippen molar-refractivity contribution in [1.82, 2.24) is 0 Å². The van der Waals surface area contributed by atoms with Crippen molar-refractivity contribution in [3.8, 4) is 0 Å². The molecule has 0 fully saturated rings. The zero-order valence-electron chi connectivity index (χ0n) is 17.2. The largest absolute Gasteiger partial charge is 0.613 e. The number of amides is 4. The molecular weight excluding hydrogens is 446 g/mol. The molecule has 4 amide bonds. The second-order valence-electron chi connectivity index (χ2n) is 6.63. The van der Waals surface area contributed by atoms with E-state index in [-0.39, 0.29) is 11.4 Å². The Labute approximate surface area is 190 Å². The maximum absolute atomic E-state index is 12.7. The van der Waals surface area contributed by atoms with Crippen molar-refractivity contribution in [1.29, 1.82) is 0 Å². The Morgan fingerprint density at radius 1 is 0.758 bits per heavy atom. The van der Waals surface area contributed by atoms with E-state index in [0.29, 0.717) is 17.6 Å². The molecule has 33 heavy (non-hydrogen) atoms. The number of para-hydroxylation sites is 2. The second kappa shape index (κ2) is 10.4. The highest BCUT2D eigenvalue weighted by atomic mass is 32.2. The minimum absolute atomic E-state index is 0.0906. The number of sulfonamides is 1. The van der Waals surface area contributed by atoms with Gasteiger partial charge >= 0.3 is 22.1 Å². The van der Waals surface area contributed by atoms with E-state index >= 15 is 0 Å². The fourth-order valence-electron chi connectivity index (χ4n) is 2.76. The number of hydroxylamine groups is 1. The van der Waals surface area contributed by atoms with Gasteiger partial charge in [0, 0.05) is 17.1 Å². The van der Waals surface area contributed by atoms with Crippen LogP contribution in [0.5, 0.6) is 0 Å². The van der Waals surface area contributed by atoms with Gasteiger partial charge in [-0.05, 0) is 49.0 Å². The van der Waals surface area contributed by atoms with Gasteiger partial charge in [-0.25, -0.2) is 14.1 Å². The van der Waals surface area contributed by atoms with Crippen LogP contribution in [0.4, 0.5) is 32.3 Å². The number of urea groups is 2. The van der Waals surface area contributed by atoms with Gasteiger partial charge in [0.15, 0.2) is 0 Å². The van der Waals surface area contributed by atoms with E-state index in [9.17, 15) is 23.2 Å². The Balaban J connectivity index is 1.85. The van der Waals surface area contributed by atoms with Crippen molar-refractivity contribution < 1.29 is 22.5 Å². The number of nitrogens with one attached hydrogen (secondary N) is 5. The number of quaternary nitrogens is 1. The summed E-state index contributed by atoms with van der Waals surface area (Å²) in [4.78, 5) is 24.1. The number of hydrogen-bond acceptors (Lipinski definition) is 5. The van der Waals surface area contributed by atoms with E-state index in [1.807, 2.05) is 0 Å². The molecule has 0 saturated carbocycles. The van der Waals surface area contributed by atoms with Crippen LogP contribution in [-0.2, 0) is 10.0 Å². The van der Waals surface area contributed by atoms with Crippen LogP contribution >= 0.6 is 0 Å². The summed E-state index contributed by atoms with van der Waals surface area (Å²) in [5.41, 5.74) is 0.957. The van der Waals surface area contributed by atoms with E-state index in [1.165, 1.54) is 12.1 Å². The molecule has 5 N–H and O–H groups in total. The molecule has 170 valence electrons. The first-order valence-electron chi connectivity index (χ1n) is 9.61. The third-order valence-electron chi connectivity index (χ3n) is 4.27. The van der Waals surface area contributed by atoms with Gasteiger partial charge in [0.2, 0.25) is 0 Å². The Hall–Kier alpha value is -4.19. The quantitative estimate of drug-likeness (QED) is 0.339. The van der Waals surface area contributed by atoms with E-state index in [4.69, 9.17) is 0 Å². The minimum Gasteiger partial charge on any atom is -0.613 e.